The van der Waals surface area contributed by atoms with Gasteiger partial charge in [0, 0.05) is 5.41 Å². The minimum Gasteiger partial charge on any atom is -0.393 e. The number of benzene rings is 2. The van der Waals surface area contributed by atoms with E-state index in [1.165, 1.54) is 24.0 Å². The van der Waals surface area contributed by atoms with Gasteiger partial charge in [0.1, 0.15) is 0 Å². The van der Waals surface area contributed by atoms with E-state index in [0.717, 1.165) is 32.5 Å². The Kier molecular flexibility index (Phi) is 6.39. The van der Waals surface area contributed by atoms with Crippen LogP contribution in [0.2, 0.25) is 0 Å². The van der Waals surface area contributed by atoms with Gasteiger partial charge in [-0.3, -0.25) is 0 Å². The molecule has 2 aromatic carbocycles. The fourth-order valence-electron chi connectivity index (χ4n) is 4.79. The average molecular weight is 366 g/mol. The van der Waals surface area contributed by atoms with Crippen LogP contribution < -0.4 is 0 Å². The fourth-order valence-corrected chi connectivity index (χ4v) is 4.79. The van der Waals surface area contributed by atoms with Crippen molar-refractivity contribution in [2.24, 2.45) is 5.41 Å². The molecule has 0 aromatic heterocycles. The van der Waals surface area contributed by atoms with Gasteiger partial charge < -0.3 is 10.0 Å². The molecule has 0 radical (unpaired) electrons. The van der Waals surface area contributed by atoms with Crippen molar-refractivity contribution >= 4 is 0 Å². The number of rotatable bonds is 7. The van der Waals surface area contributed by atoms with Crippen LogP contribution in [0.25, 0.3) is 0 Å². The molecule has 1 atom stereocenters. The van der Waals surface area contributed by atoms with Crippen LogP contribution in [0, 0.1) is 5.41 Å². The number of piperidine rings is 1. The molecule has 2 heteroatoms. The van der Waals surface area contributed by atoms with Crippen LogP contribution in [0.15, 0.2) is 60.7 Å². The predicted molar refractivity (Wildman–Crippen MR) is 114 cm³/mol. The number of aliphatic hydroxyl groups is 1. The van der Waals surface area contributed by atoms with Crippen LogP contribution in [-0.2, 0) is 5.41 Å². The second-order valence-corrected chi connectivity index (χ2v) is 8.75. The zero-order valence-electron chi connectivity index (χ0n) is 17.2. The van der Waals surface area contributed by atoms with E-state index in [9.17, 15) is 5.11 Å². The van der Waals surface area contributed by atoms with Crippen molar-refractivity contribution in [1.82, 2.24) is 4.90 Å². The van der Waals surface area contributed by atoms with Gasteiger partial charge in [-0.2, -0.15) is 0 Å². The summed E-state index contributed by atoms with van der Waals surface area (Å²) in [5.74, 6) is 0. The van der Waals surface area contributed by atoms with E-state index in [2.05, 4.69) is 79.4 Å². The minimum atomic E-state index is -0.181. The molecule has 0 aliphatic carbocycles. The van der Waals surface area contributed by atoms with Crippen molar-refractivity contribution in [3.05, 3.63) is 71.8 Å². The minimum absolute atomic E-state index is 0.00121. The average Bonchev–Trinajstić information content (AvgIpc) is 2.70. The van der Waals surface area contributed by atoms with Gasteiger partial charge in [0.25, 0.3) is 0 Å². The Morgan fingerprint density at radius 3 is 1.89 bits per heavy atom. The largest absolute Gasteiger partial charge is 0.393 e. The van der Waals surface area contributed by atoms with E-state index in [1.807, 2.05) is 6.92 Å². The van der Waals surface area contributed by atoms with Crippen molar-refractivity contribution in [1.29, 1.82) is 0 Å². The second-order valence-electron chi connectivity index (χ2n) is 8.75. The summed E-state index contributed by atoms with van der Waals surface area (Å²) < 4.78 is 0. The van der Waals surface area contributed by atoms with E-state index in [-0.39, 0.29) is 16.9 Å². The van der Waals surface area contributed by atoms with Crippen LogP contribution in [-0.4, -0.2) is 35.7 Å². The molecule has 1 aliphatic heterocycles. The Morgan fingerprint density at radius 2 is 1.44 bits per heavy atom. The third-order valence-corrected chi connectivity index (χ3v) is 6.97. The molecule has 1 N–H and O–H groups in total. The maximum atomic E-state index is 9.51. The van der Waals surface area contributed by atoms with Gasteiger partial charge in [-0.1, -0.05) is 74.5 Å². The van der Waals surface area contributed by atoms with Gasteiger partial charge in [-0.05, 0) is 68.8 Å². The van der Waals surface area contributed by atoms with Gasteiger partial charge in [-0.15, -0.1) is 0 Å². The lowest BCUT2D eigenvalue weighted by molar-refractivity contribution is 0.0629. The molecule has 0 spiro atoms. The zero-order chi connectivity index (χ0) is 19.3. The number of hydrogen-bond acceptors (Lipinski definition) is 2. The standard InChI is InChI=1S/C25H35NO/c1-21(27)11-10-18-26-19-16-24(2,17-20-26)25(3,22-12-6-4-7-13-22)23-14-8-5-9-15-23/h4-9,12-15,21,27H,10-11,16-20H2,1-3H3. The summed E-state index contributed by atoms with van der Waals surface area (Å²) in [7, 11) is 0. The normalized spacial score (nSPS) is 19.0. The summed E-state index contributed by atoms with van der Waals surface area (Å²) in [6.45, 7) is 10.2. The Hall–Kier alpha value is -1.64. The summed E-state index contributed by atoms with van der Waals surface area (Å²) in [5, 5.41) is 9.51. The maximum Gasteiger partial charge on any atom is 0.0512 e. The molecule has 1 heterocycles. The molecular formula is C25H35NO. The molecule has 146 valence electrons. The summed E-state index contributed by atoms with van der Waals surface area (Å²) in [6.07, 6.45) is 4.20. The molecule has 27 heavy (non-hydrogen) atoms. The van der Waals surface area contributed by atoms with E-state index in [0.29, 0.717) is 0 Å². The molecule has 1 saturated heterocycles. The number of likely N-dealkylation sites (tertiary alicyclic amines) is 1. The van der Waals surface area contributed by atoms with Crippen molar-refractivity contribution in [3.8, 4) is 0 Å². The molecule has 0 bridgehead atoms. The van der Waals surface area contributed by atoms with Crippen LogP contribution in [0.4, 0.5) is 0 Å². The Morgan fingerprint density at radius 1 is 0.963 bits per heavy atom. The van der Waals surface area contributed by atoms with E-state index < -0.39 is 0 Å². The molecule has 0 saturated carbocycles. The van der Waals surface area contributed by atoms with Gasteiger partial charge in [-0.25, -0.2) is 0 Å². The van der Waals surface area contributed by atoms with Crippen molar-refractivity contribution in [2.75, 3.05) is 19.6 Å². The van der Waals surface area contributed by atoms with Crippen molar-refractivity contribution in [3.63, 3.8) is 0 Å². The molecule has 2 aromatic rings. The van der Waals surface area contributed by atoms with E-state index in [4.69, 9.17) is 0 Å². The number of aliphatic hydroxyl groups excluding tert-OH is 1. The van der Waals surface area contributed by atoms with Gasteiger partial charge >= 0.3 is 0 Å². The van der Waals surface area contributed by atoms with E-state index in [1.54, 1.807) is 0 Å². The van der Waals surface area contributed by atoms with E-state index >= 15 is 0 Å². The van der Waals surface area contributed by atoms with Crippen LogP contribution in [0.5, 0.6) is 0 Å². The monoisotopic (exact) mass is 365 g/mol. The number of hydrogen-bond donors (Lipinski definition) is 1. The van der Waals surface area contributed by atoms with Gasteiger partial charge in [0.2, 0.25) is 0 Å². The summed E-state index contributed by atoms with van der Waals surface area (Å²) in [6, 6.07) is 22.1. The third kappa shape index (κ3) is 4.28. The van der Waals surface area contributed by atoms with Gasteiger partial charge in [0.05, 0.1) is 6.10 Å². The summed E-state index contributed by atoms with van der Waals surface area (Å²) in [5.41, 5.74) is 3.06. The quantitative estimate of drug-likeness (QED) is 0.724. The number of nitrogens with zero attached hydrogens (tertiary/aromatic N) is 1. The highest BCUT2D eigenvalue weighted by atomic mass is 16.3. The highest BCUT2D eigenvalue weighted by Gasteiger charge is 2.48. The topological polar surface area (TPSA) is 23.5 Å². The third-order valence-electron chi connectivity index (χ3n) is 6.97. The SMILES string of the molecule is CC(O)CCCN1CCC(C)(C(C)(c2ccccc2)c2ccccc2)CC1. The highest BCUT2D eigenvalue weighted by molar-refractivity contribution is 5.41. The Labute approximate surface area is 165 Å². The van der Waals surface area contributed by atoms with Crippen LogP contribution in [0.1, 0.15) is 57.6 Å². The van der Waals surface area contributed by atoms with Crippen molar-refractivity contribution < 1.29 is 5.11 Å². The molecule has 1 aliphatic rings. The first-order valence-corrected chi connectivity index (χ1v) is 10.5. The maximum absolute atomic E-state index is 9.51. The summed E-state index contributed by atoms with van der Waals surface area (Å²) in [4.78, 5) is 2.58. The molecule has 2 nitrogen and oxygen atoms in total. The lowest BCUT2D eigenvalue weighted by Gasteiger charge is -2.52. The molecule has 1 fully saturated rings. The molecule has 0 amide bonds. The van der Waals surface area contributed by atoms with Gasteiger partial charge in [0.15, 0.2) is 0 Å². The smallest absolute Gasteiger partial charge is 0.0512 e. The first kappa shape index (κ1) is 20.1. The predicted octanol–water partition coefficient (Wildman–Crippen LogP) is 5.26. The Bertz CT molecular complexity index is 647. The first-order chi connectivity index (χ1) is 13.0. The molecular weight excluding hydrogens is 330 g/mol. The van der Waals surface area contributed by atoms with Crippen molar-refractivity contribution in [2.45, 2.75) is 58.0 Å². The first-order valence-electron chi connectivity index (χ1n) is 10.5. The molecule has 3 rings (SSSR count). The Balaban J connectivity index is 1.82. The lowest BCUT2D eigenvalue weighted by Crippen LogP contribution is -2.50. The second kappa shape index (κ2) is 8.58. The van der Waals surface area contributed by atoms with Crippen LogP contribution >= 0.6 is 0 Å². The van der Waals surface area contributed by atoms with Crippen LogP contribution in [0.3, 0.4) is 0 Å². The molecule has 1 unspecified atom stereocenters. The fraction of sp³-hybridized carbons (Fsp3) is 0.520. The zero-order valence-corrected chi connectivity index (χ0v) is 17.2. The summed E-state index contributed by atoms with van der Waals surface area (Å²) >= 11 is 0. The highest BCUT2D eigenvalue weighted by Crippen LogP contribution is 2.52. The lowest BCUT2D eigenvalue weighted by atomic mass is 9.55.